The molecule has 2 saturated carbocycles. The molecule has 1 N–H and O–H groups in total. The lowest BCUT2D eigenvalue weighted by Gasteiger charge is -2.57. The van der Waals surface area contributed by atoms with Gasteiger partial charge in [-0.25, -0.2) is 0 Å². The van der Waals surface area contributed by atoms with E-state index in [1.165, 1.54) is 5.57 Å². The van der Waals surface area contributed by atoms with Crippen LogP contribution in [0.15, 0.2) is 23.0 Å². The van der Waals surface area contributed by atoms with Crippen LogP contribution < -0.4 is 0 Å². The molecule has 144 valence electrons. The van der Waals surface area contributed by atoms with Crippen molar-refractivity contribution in [3.8, 4) is 0 Å². The number of aliphatic hydroxyl groups is 1. The molecule has 5 aliphatic rings. The first-order valence-electron chi connectivity index (χ1n) is 10.3. The molecule has 4 nitrogen and oxygen atoms in total. The van der Waals surface area contributed by atoms with E-state index < -0.39 is 11.4 Å². The number of methoxy groups -OCH3 is 1. The highest BCUT2D eigenvalue weighted by Crippen LogP contribution is 2.67. The summed E-state index contributed by atoms with van der Waals surface area (Å²) in [7, 11) is 1.76. The number of fused-ring (bicyclic) bond motifs is 5. The van der Waals surface area contributed by atoms with Gasteiger partial charge in [0.25, 0.3) is 0 Å². The van der Waals surface area contributed by atoms with E-state index in [9.17, 15) is 5.11 Å². The smallest absolute Gasteiger partial charge is 0.174 e. The van der Waals surface area contributed by atoms with E-state index >= 15 is 0 Å². The second-order valence-corrected chi connectivity index (χ2v) is 9.60. The number of allylic oxidation sites excluding steroid dienone is 3. The molecular weight excluding hydrogens is 328 g/mol. The summed E-state index contributed by atoms with van der Waals surface area (Å²) in [5.41, 5.74) is 2.39. The Morgan fingerprint density at radius 1 is 1.15 bits per heavy atom. The van der Waals surface area contributed by atoms with Crippen molar-refractivity contribution < 1.29 is 19.3 Å². The molecule has 4 heteroatoms. The molecule has 1 saturated heterocycles. The van der Waals surface area contributed by atoms with Crippen LogP contribution in [0.5, 0.6) is 0 Å². The Morgan fingerprint density at radius 2 is 1.92 bits per heavy atom. The third kappa shape index (κ3) is 2.12. The van der Waals surface area contributed by atoms with Crippen molar-refractivity contribution in [3.63, 3.8) is 0 Å². The standard InChI is InChI=1S/C22H32O4/c1-20-8-6-17-16-5-4-15(24-3)12-14(16)13-21(2,23)19(17)18(20)7-9-22(20)25-10-11-26-22/h4,17-19,23H,5-13H2,1-3H3/t17-,18+,19-,20+,21+/m1/s1. The number of hydrogen-bond donors (Lipinski definition) is 1. The monoisotopic (exact) mass is 360 g/mol. The summed E-state index contributed by atoms with van der Waals surface area (Å²) in [4.78, 5) is 0. The fourth-order valence-corrected chi connectivity index (χ4v) is 7.34. The van der Waals surface area contributed by atoms with Gasteiger partial charge >= 0.3 is 0 Å². The summed E-state index contributed by atoms with van der Waals surface area (Å²) in [6.45, 7) is 5.88. The van der Waals surface area contributed by atoms with Crippen molar-refractivity contribution in [1.82, 2.24) is 0 Å². The number of rotatable bonds is 1. The number of hydrogen-bond acceptors (Lipinski definition) is 4. The van der Waals surface area contributed by atoms with Crippen molar-refractivity contribution in [2.45, 2.75) is 70.2 Å². The fourth-order valence-electron chi connectivity index (χ4n) is 7.34. The van der Waals surface area contributed by atoms with Crippen LogP contribution in [0.3, 0.4) is 0 Å². The average molecular weight is 360 g/mol. The topological polar surface area (TPSA) is 47.9 Å². The predicted octanol–water partition coefficient (Wildman–Crippen LogP) is 3.95. The highest BCUT2D eigenvalue weighted by Gasteiger charge is 2.67. The lowest BCUT2D eigenvalue weighted by atomic mass is 9.50. The van der Waals surface area contributed by atoms with Crippen molar-refractivity contribution >= 4 is 0 Å². The Morgan fingerprint density at radius 3 is 2.65 bits per heavy atom. The van der Waals surface area contributed by atoms with Gasteiger partial charge in [-0.2, -0.15) is 0 Å². The Bertz CT molecular complexity index is 670. The summed E-state index contributed by atoms with van der Waals surface area (Å²) >= 11 is 0. The minimum absolute atomic E-state index is 0.0227. The summed E-state index contributed by atoms with van der Waals surface area (Å²) in [6.07, 6.45) is 9.27. The molecule has 4 aliphatic carbocycles. The van der Waals surface area contributed by atoms with Crippen molar-refractivity contribution in [2.75, 3.05) is 20.3 Å². The van der Waals surface area contributed by atoms with E-state index in [1.807, 2.05) is 0 Å². The van der Waals surface area contributed by atoms with E-state index in [0.717, 1.165) is 50.7 Å². The van der Waals surface area contributed by atoms with E-state index in [2.05, 4.69) is 19.9 Å². The zero-order valence-electron chi connectivity index (χ0n) is 16.3. The Balaban J connectivity index is 1.52. The minimum Gasteiger partial charge on any atom is -0.501 e. The van der Waals surface area contributed by atoms with Crippen LogP contribution in [0.25, 0.3) is 0 Å². The number of ether oxygens (including phenoxy) is 3. The molecule has 26 heavy (non-hydrogen) atoms. The second-order valence-electron chi connectivity index (χ2n) is 9.60. The molecule has 0 bridgehead atoms. The molecule has 5 rings (SSSR count). The Hall–Kier alpha value is -0.840. The molecular formula is C22H32O4. The van der Waals surface area contributed by atoms with Gasteiger partial charge < -0.3 is 19.3 Å². The van der Waals surface area contributed by atoms with Crippen molar-refractivity contribution in [1.29, 1.82) is 0 Å². The first-order chi connectivity index (χ1) is 12.4. The van der Waals surface area contributed by atoms with Crippen LogP contribution in [0.1, 0.15) is 58.8 Å². The van der Waals surface area contributed by atoms with Crippen molar-refractivity contribution in [3.05, 3.63) is 23.0 Å². The summed E-state index contributed by atoms with van der Waals surface area (Å²) in [5, 5.41) is 11.6. The van der Waals surface area contributed by atoms with Crippen LogP contribution in [0.4, 0.5) is 0 Å². The van der Waals surface area contributed by atoms with Crippen LogP contribution in [-0.2, 0) is 14.2 Å². The highest BCUT2D eigenvalue weighted by atomic mass is 16.7. The van der Waals surface area contributed by atoms with Crippen molar-refractivity contribution in [2.24, 2.45) is 23.2 Å². The molecule has 0 aromatic rings. The molecule has 0 radical (unpaired) electrons. The van der Waals surface area contributed by atoms with Crippen LogP contribution in [0.2, 0.25) is 0 Å². The van der Waals surface area contributed by atoms with Crippen LogP contribution in [0, 0.1) is 23.2 Å². The normalized spacial score (nSPS) is 46.6. The quantitative estimate of drug-likeness (QED) is 0.720. The first kappa shape index (κ1) is 17.3. The molecule has 0 aromatic heterocycles. The fraction of sp³-hybridized carbons (Fsp3) is 0.818. The molecule has 3 fully saturated rings. The lowest BCUT2D eigenvalue weighted by molar-refractivity contribution is -0.246. The third-order valence-corrected chi connectivity index (χ3v) is 8.46. The van der Waals surface area contributed by atoms with Gasteiger partial charge in [-0.05, 0) is 62.9 Å². The molecule has 1 spiro atoms. The summed E-state index contributed by atoms with van der Waals surface area (Å²) in [5.74, 6) is 1.94. The predicted molar refractivity (Wildman–Crippen MR) is 98.3 cm³/mol. The van der Waals surface area contributed by atoms with Gasteiger partial charge in [-0.15, -0.1) is 0 Å². The van der Waals surface area contributed by atoms with Gasteiger partial charge in [0.05, 0.1) is 31.7 Å². The van der Waals surface area contributed by atoms with Gasteiger partial charge in [0, 0.05) is 18.3 Å². The maximum atomic E-state index is 11.6. The molecule has 1 aliphatic heterocycles. The first-order valence-corrected chi connectivity index (χ1v) is 10.3. The third-order valence-electron chi connectivity index (χ3n) is 8.46. The summed E-state index contributed by atoms with van der Waals surface area (Å²) in [6, 6.07) is 0. The van der Waals surface area contributed by atoms with E-state index in [0.29, 0.717) is 31.0 Å². The Labute approximate surface area is 156 Å². The Kier molecular flexibility index (Phi) is 3.71. The second kappa shape index (κ2) is 5.59. The van der Waals surface area contributed by atoms with E-state index in [4.69, 9.17) is 14.2 Å². The van der Waals surface area contributed by atoms with Gasteiger partial charge in [0.15, 0.2) is 5.79 Å². The average Bonchev–Trinajstić information content (AvgIpc) is 3.20. The molecule has 0 amide bonds. The van der Waals surface area contributed by atoms with Crippen LogP contribution >= 0.6 is 0 Å². The molecule has 5 atom stereocenters. The zero-order chi connectivity index (χ0) is 18.2. The largest absolute Gasteiger partial charge is 0.501 e. The van der Waals surface area contributed by atoms with E-state index in [-0.39, 0.29) is 5.41 Å². The highest BCUT2D eigenvalue weighted by molar-refractivity contribution is 5.35. The van der Waals surface area contributed by atoms with Gasteiger partial charge in [-0.3, -0.25) is 0 Å². The zero-order valence-corrected chi connectivity index (χ0v) is 16.3. The van der Waals surface area contributed by atoms with E-state index in [1.54, 1.807) is 12.7 Å². The molecule has 0 aromatic carbocycles. The van der Waals surface area contributed by atoms with Gasteiger partial charge in [0.2, 0.25) is 0 Å². The molecule has 1 heterocycles. The SMILES string of the molecule is COC1=CCC2=C(C1)C[C@](C)(O)[C@@H]1[C@@H]2CC[C@@]2(C)[C@H]1CCC21OCCO1. The maximum absolute atomic E-state index is 11.6. The lowest BCUT2D eigenvalue weighted by Crippen LogP contribution is -2.58. The van der Waals surface area contributed by atoms with Crippen LogP contribution in [-0.4, -0.2) is 36.8 Å². The van der Waals surface area contributed by atoms with Gasteiger partial charge in [-0.1, -0.05) is 18.1 Å². The molecule has 0 unspecified atom stereocenters. The van der Waals surface area contributed by atoms with Gasteiger partial charge in [0.1, 0.15) is 0 Å². The minimum atomic E-state index is -0.657. The summed E-state index contributed by atoms with van der Waals surface area (Å²) < 4.78 is 17.9. The maximum Gasteiger partial charge on any atom is 0.174 e.